The molecule has 18 heavy (non-hydrogen) atoms. The minimum absolute atomic E-state index is 0.179. The van der Waals surface area contributed by atoms with Gasteiger partial charge in [0.05, 0.1) is 6.20 Å². The van der Waals surface area contributed by atoms with Gasteiger partial charge in [0.15, 0.2) is 5.75 Å². The summed E-state index contributed by atoms with van der Waals surface area (Å²) >= 11 is 3.54. The quantitative estimate of drug-likeness (QED) is 0.835. The number of benzene rings is 1. The second kappa shape index (κ2) is 5.14. The van der Waals surface area contributed by atoms with Crippen molar-refractivity contribution in [2.24, 2.45) is 5.41 Å². The number of aromatic nitrogens is 2. The number of para-hydroxylation sites is 1. The van der Waals surface area contributed by atoms with Gasteiger partial charge in [-0.25, -0.2) is 0 Å². The Morgan fingerprint density at radius 3 is 2.50 bits per heavy atom. The smallest absolute Gasteiger partial charge is 0.179 e. The van der Waals surface area contributed by atoms with E-state index >= 15 is 0 Å². The first-order valence-corrected chi connectivity index (χ1v) is 6.69. The van der Waals surface area contributed by atoms with Crippen LogP contribution in [0.4, 0.5) is 0 Å². The van der Waals surface area contributed by atoms with Gasteiger partial charge in [-0.1, -0.05) is 39.0 Å². The SMILES string of the molecule is CC(C)(C)Cn1ncc(Oc2ccccc2)c1Br. The lowest BCUT2D eigenvalue weighted by molar-refractivity contribution is 0.321. The lowest BCUT2D eigenvalue weighted by atomic mass is 9.97. The molecule has 0 unspecified atom stereocenters. The average Bonchev–Trinajstić information content (AvgIpc) is 2.61. The predicted molar refractivity (Wildman–Crippen MR) is 75.9 cm³/mol. The molecule has 1 aromatic carbocycles. The van der Waals surface area contributed by atoms with Crippen molar-refractivity contribution >= 4 is 15.9 Å². The Morgan fingerprint density at radius 2 is 1.89 bits per heavy atom. The lowest BCUT2D eigenvalue weighted by Crippen LogP contribution is -2.16. The van der Waals surface area contributed by atoms with E-state index in [1.165, 1.54) is 0 Å². The van der Waals surface area contributed by atoms with E-state index in [0.717, 1.165) is 22.6 Å². The molecular formula is C14H17BrN2O. The normalized spacial score (nSPS) is 11.6. The van der Waals surface area contributed by atoms with Crippen LogP contribution in [0.25, 0.3) is 0 Å². The molecule has 2 rings (SSSR count). The third-order valence-electron chi connectivity index (χ3n) is 2.34. The molecule has 2 aromatic rings. The standard InChI is InChI=1S/C14H17BrN2O/c1-14(2,3)10-17-13(15)12(9-16-17)18-11-7-5-4-6-8-11/h4-9H,10H2,1-3H3. The van der Waals surface area contributed by atoms with Crippen molar-refractivity contribution in [3.8, 4) is 11.5 Å². The van der Waals surface area contributed by atoms with E-state index in [0.29, 0.717) is 0 Å². The summed E-state index contributed by atoms with van der Waals surface area (Å²) in [5.74, 6) is 1.55. The van der Waals surface area contributed by atoms with Crippen molar-refractivity contribution in [2.45, 2.75) is 27.3 Å². The summed E-state index contributed by atoms with van der Waals surface area (Å²) in [6.45, 7) is 7.38. The molecule has 0 fully saturated rings. The molecule has 1 heterocycles. The van der Waals surface area contributed by atoms with Crippen LogP contribution in [0.5, 0.6) is 11.5 Å². The van der Waals surface area contributed by atoms with Crippen molar-refractivity contribution in [3.05, 3.63) is 41.1 Å². The molecule has 4 heteroatoms. The van der Waals surface area contributed by atoms with Crippen molar-refractivity contribution in [1.82, 2.24) is 9.78 Å². The predicted octanol–water partition coefficient (Wildman–Crippen LogP) is 4.48. The largest absolute Gasteiger partial charge is 0.453 e. The molecule has 0 aliphatic rings. The second-order valence-corrected chi connectivity index (χ2v) is 6.18. The van der Waals surface area contributed by atoms with E-state index in [9.17, 15) is 0 Å². The third-order valence-corrected chi connectivity index (χ3v) is 3.14. The molecule has 0 bridgehead atoms. The van der Waals surface area contributed by atoms with Crippen LogP contribution in [0.3, 0.4) is 0 Å². The minimum Gasteiger partial charge on any atom is -0.453 e. The van der Waals surface area contributed by atoms with Crippen LogP contribution in [-0.2, 0) is 6.54 Å². The van der Waals surface area contributed by atoms with Gasteiger partial charge >= 0.3 is 0 Å². The summed E-state index contributed by atoms with van der Waals surface area (Å²) < 4.78 is 8.57. The highest BCUT2D eigenvalue weighted by Crippen LogP contribution is 2.31. The lowest BCUT2D eigenvalue weighted by Gasteiger charge is -2.18. The number of rotatable bonds is 3. The highest BCUT2D eigenvalue weighted by atomic mass is 79.9. The van der Waals surface area contributed by atoms with E-state index in [1.807, 2.05) is 35.0 Å². The summed E-state index contributed by atoms with van der Waals surface area (Å²) in [6, 6.07) is 9.71. The fraction of sp³-hybridized carbons (Fsp3) is 0.357. The molecule has 0 aliphatic heterocycles. The van der Waals surface area contributed by atoms with Gasteiger partial charge in [-0.15, -0.1) is 0 Å². The van der Waals surface area contributed by atoms with E-state index < -0.39 is 0 Å². The fourth-order valence-electron chi connectivity index (χ4n) is 1.60. The van der Waals surface area contributed by atoms with Crippen LogP contribution in [-0.4, -0.2) is 9.78 Å². The number of hydrogen-bond acceptors (Lipinski definition) is 2. The Morgan fingerprint density at radius 1 is 1.22 bits per heavy atom. The van der Waals surface area contributed by atoms with E-state index in [1.54, 1.807) is 6.20 Å². The van der Waals surface area contributed by atoms with Gasteiger partial charge in [0.2, 0.25) is 0 Å². The highest BCUT2D eigenvalue weighted by molar-refractivity contribution is 9.10. The summed E-state index contributed by atoms with van der Waals surface area (Å²) in [6.07, 6.45) is 1.74. The summed E-state index contributed by atoms with van der Waals surface area (Å²) in [5, 5.41) is 4.34. The number of ether oxygens (including phenoxy) is 1. The summed E-state index contributed by atoms with van der Waals surface area (Å²) in [7, 11) is 0. The molecule has 0 spiro atoms. The zero-order chi connectivity index (χ0) is 13.2. The average molecular weight is 309 g/mol. The topological polar surface area (TPSA) is 27.1 Å². The molecule has 0 atom stereocenters. The Kier molecular flexibility index (Phi) is 3.76. The van der Waals surface area contributed by atoms with Crippen LogP contribution in [0, 0.1) is 5.41 Å². The van der Waals surface area contributed by atoms with Gasteiger partial charge in [0.25, 0.3) is 0 Å². The van der Waals surface area contributed by atoms with Gasteiger partial charge in [0, 0.05) is 6.54 Å². The zero-order valence-electron chi connectivity index (χ0n) is 10.9. The summed E-state index contributed by atoms with van der Waals surface area (Å²) in [4.78, 5) is 0. The molecule has 1 aromatic heterocycles. The van der Waals surface area contributed by atoms with Crippen LogP contribution in [0.2, 0.25) is 0 Å². The maximum absolute atomic E-state index is 5.77. The Balaban J connectivity index is 2.16. The molecule has 0 radical (unpaired) electrons. The molecule has 0 N–H and O–H groups in total. The van der Waals surface area contributed by atoms with E-state index in [2.05, 4.69) is 41.8 Å². The fourth-order valence-corrected chi connectivity index (χ4v) is 2.00. The number of halogens is 1. The second-order valence-electron chi connectivity index (χ2n) is 5.43. The molecule has 96 valence electrons. The molecule has 0 aliphatic carbocycles. The molecule has 0 saturated carbocycles. The van der Waals surface area contributed by atoms with Crippen molar-refractivity contribution < 1.29 is 4.74 Å². The Labute approximate surface area is 116 Å². The van der Waals surface area contributed by atoms with Crippen molar-refractivity contribution in [3.63, 3.8) is 0 Å². The monoisotopic (exact) mass is 308 g/mol. The van der Waals surface area contributed by atoms with Crippen LogP contribution < -0.4 is 4.74 Å². The van der Waals surface area contributed by atoms with Gasteiger partial charge in [-0.05, 0) is 33.5 Å². The van der Waals surface area contributed by atoms with Crippen LogP contribution in [0.1, 0.15) is 20.8 Å². The molecule has 3 nitrogen and oxygen atoms in total. The minimum atomic E-state index is 0.179. The Bertz CT molecular complexity index is 514. The van der Waals surface area contributed by atoms with Gasteiger partial charge in [-0.3, -0.25) is 4.68 Å². The van der Waals surface area contributed by atoms with E-state index in [-0.39, 0.29) is 5.41 Å². The van der Waals surface area contributed by atoms with Crippen molar-refractivity contribution in [1.29, 1.82) is 0 Å². The number of hydrogen-bond donors (Lipinski definition) is 0. The third kappa shape index (κ3) is 3.35. The number of nitrogens with zero attached hydrogens (tertiary/aromatic N) is 2. The van der Waals surface area contributed by atoms with Gasteiger partial charge < -0.3 is 4.74 Å². The van der Waals surface area contributed by atoms with Crippen LogP contribution in [0.15, 0.2) is 41.1 Å². The molecular weight excluding hydrogens is 292 g/mol. The maximum Gasteiger partial charge on any atom is 0.179 e. The first-order valence-electron chi connectivity index (χ1n) is 5.90. The van der Waals surface area contributed by atoms with E-state index in [4.69, 9.17) is 4.74 Å². The highest BCUT2D eigenvalue weighted by Gasteiger charge is 2.16. The van der Waals surface area contributed by atoms with Gasteiger partial charge in [0.1, 0.15) is 10.4 Å². The van der Waals surface area contributed by atoms with Crippen LogP contribution >= 0.6 is 15.9 Å². The summed E-state index contributed by atoms with van der Waals surface area (Å²) in [5.41, 5.74) is 0.179. The Hall–Kier alpha value is -1.29. The first-order chi connectivity index (χ1) is 8.46. The van der Waals surface area contributed by atoms with Gasteiger partial charge in [-0.2, -0.15) is 5.10 Å². The zero-order valence-corrected chi connectivity index (χ0v) is 12.4. The first kappa shape index (κ1) is 13.1. The van der Waals surface area contributed by atoms with Crippen molar-refractivity contribution in [2.75, 3.05) is 0 Å². The maximum atomic E-state index is 5.77. The molecule has 0 amide bonds. The molecule has 0 saturated heterocycles.